The van der Waals surface area contributed by atoms with Gasteiger partial charge in [-0.3, -0.25) is 9.59 Å². The lowest BCUT2D eigenvalue weighted by molar-refractivity contribution is -0.143. The average molecular weight is 531 g/mol. The summed E-state index contributed by atoms with van der Waals surface area (Å²) in [6.07, 6.45) is 0.298. The molecule has 0 fully saturated rings. The van der Waals surface area contributed by atoms with Gasteiger partial charge in [-0.15, -0.1) is 0 Å². The molecule has 190 valence electrons. The fourth-order valence-corrected chi connectivity index (χ4v) is 3.92. The zero-order valence-electron chi connectivity index (χ0n) is 20.4. The summed E-state index contributed by atoms with van der Waals surface area (Å²) in [6.45, 7) is 5.42. The van der Waals surface area contributed by atoms with E-state index in [9.17, 15) is 14.0 Å². The normalized spacial score (nSPS) is 12.1. The third-order valence-electron chi connectivity index (χ3n) is 5.28. The van der Waals surface area contributed by atoms with Crippen LogP contribution in [0.5, 0.6) is 5.75 Å². The first-order valence-corrected chi connectivity index (χ1v) is 12.2. The van der Waals surface area contributed by atoms with Crippen molar-refractivity contribution >= 4 is 35.0 Å². The molecule has 0 aromatic heterocycles. The summed E-state index contributed by atoms with van der Waals surface area (Å²) < 4.78 is 18.9. The molecule has 0 aliphatic carbocycles. The Morgan fingerprint density at radius 1 is 0.944 bits per heavy atom. The lowest BCUT2D eigenvalue weighted by Gasteiger charge is -2.33. The number of rotatable bonds is 9. The Morgan fingerprint density at radius 2 is 1.61 bits per heavy atom. The first-order chi connectivity index (χ1) is 17.0. The summed E-state index contributed by atoms with van der Waals surface area (Å²) in [5.41, 5.74) is 1.11. The van der Waals surface area contributed by atoms with Crippen molar-refractivity contribution in [1.29, 1.82) is 0 Å². The molecular formula is C28H29Cl2FN2O3. The van der Waals surface area contributed by atoms with Crippen molar-refractivity contribution in [3.8, 4) is 5.75 Å². The van der Waals surface area contributed by atoms with Crippen LogP contribution in [0, 0.1) is 5.82 Å². The zero-order valence-corrected chi connectivity index (χ0v) is 21.9. The van der Waals surface area contributed by atoms with Crippen molar-refractivity contribution in [2.24, 2.45) is 0 Å². The van der Waals surface area contributed by atoms with Gasteiger partial charge >= 0.3 is 0 Å². The molecular weight excluding hydrogens is 502 g/mol. The zero-order chi connectivity index (χ0) is 26.3. The van der Waals surface area contributed by atoms with Crippen LogP contribution >= 0.6 is 23.2 Å². The number of ether oxygens (including phenoxy) is 1. The second-order valence-corrected chi connectivity index (χ2v) is 10.3. The van der Waals surface area contributed by atoms with Gasteiger partial charge in [0.25, 0.3) is 5.91 Å². The molecule has 0 saturated heterocycles. The fraction of sp³-hybridized carbons (Fsp3) is 0.286. The molecule has 5 nitrogen and oxygen atoms in total. The Morgan fingerprint density at radius 3 is 2.22 bits per heavy atom. The van der Waals surface area contributed by atoms with Gasteiger partial charge in [0.1, 0.15) is 17.6 Å². The van der Waals surface area contributed by atoms with E-state index in [0.717, 1.165) is 5.56 Å². The Labute approximate surface area is 221 Å². The van der Waals surface area contributed by atoms with E-state index in [-0.39, 0.29) is 19.1 Å². The summed E-state index contributed by atoms with van der Waals surface area (Å²) in [6, 6.07) is 19.1. The molecule has 2 amide bonds. The van der Waals surface area contributed by atoms with Crippen LogP contribution in [0.15, 0.2) is 72.8 Å². The largest absolute Gasteiger partial charge is 0.484 e. The van der Waals surface area contributed by atoms with Crippen LogP contribution in [-0.4, -0.2) is 34.9 Å². The predicted molar refractivity (Wildman–Crippen MR) is 141 cm³/mol. The second kappa shape index (κ2) is 12.2. The molecule has 0 aliphatic heterocycles. The highest BCUT2D eigenvalue weighted by atomic mass is 35.5. The summed E-state index contributed by atoms with van der Waals surface area (Å²) in [5, 5.41) is 3.74. The molecule has 1 N–H and O–H groups in total. The van der Waals surface area contributed by atoms with Crippen molar-refractivity contribution < 1.29 is 18.7 Å². The molecule has 0 aliphatic rings. The lowest BCUT2D eigenvalue weighted by atomic mass is 10.0. The third-order valence-corrected chi connectivity index (χ3v) is 6.02. The number of amides is 2. The van der Waals surface area contributed by atoms with Gasteiger partial charge in [0.2, 0.25) is 5.91 Å². The molecule has 0 spiro atoms. The SMILES string of the molecule is CC(C)(C)NC(=O)[C@H](Cc1ccccc1)N(Cc1ccc(Cl)c(Cl)c1)C(=O)COc1ccc(F)cc1. The molecule has 0 bridgehead atoms. The predicted octanol–water partition coefficient (Wildman–Crippen LogP) is 6.07. The molecule has 3 rings (SSSR count). The van der Waals surface area contributed by atoms with E-state index in [2.05, 4.69) is 5.32 Å². The standard InChI is InChI=1S/C28H29Cl2FN2O3/c1-28(2,3)32-27(35)25(16-19-7-5-4-6-8-19)33(17-20-9-14-23(29)24(30)15-20)26(34)18-36-22-12-10-21(31)11-13-22/h4-15,25H,16-18H2,1-3H3,(H,32,35)/t25-/m0/s1. The Balaban J connectivity index is 1.94. The highest BCUT2D eigenvalue weighted by molar-refractivity contribution is 6.42. The van der Waals surface area contributed by atoms with Crippen LogP contribution < -0.4 is 10.1 Å². The number of hydrogen-bond acceptors (Lipinski definition) is 3. The summed E-state index contributed by atoms with van der Waals surface area (Å²) in [5.74, 6) is -0.758. The van der Waals surface area contributed by atoms with Crippen LogP contribution in [-0.2, 0) is 22.6 Å². The average Bonchev–Trinajstić information content (AvgIpc) is 2.82. The first kappa shape index (κ1) is 27.5. The van der Waals surface area contributed by atoms with E-state index in [1.807, 2.05) is 51.1 Å². The quantitative estimate of drug-likeness (QED) is 0.365. The molecule has 0 heterocycles. The van der Waals surface area contributed by atoms with Gasteiger partial charge in [0.15, 0.2) is 6.61 Å². The van der Waals surface area contributed by atoms with Crippen LogP contribution in [0.25, 0.3) is 0 Å². The topological polar surface area (TPSA) is 58.6 Å². The van der Waals surface area contributed by atoms with Crippen molar-refractivity contribution in [3.63, 3.8) is 0 Å². The van der Waals surface area contributed by atoms with Gasteiger partial charge in [-0.1, -0.05) is 59.6 Å². The Kier molecular flexibility index (Phi) is 9.35. The van der Waals surface area contributed by atoms with Crippen LogP contribution in [0.1, 0.15) is 31.9 Å². The number of halogens is 3. The van der Waals surface area contributed by atoms with E-state index < -0.39 is 23.3 Å². The minimum absolute atomic E-state index is 0.109. The van der Waals surface area contributed by atoms with E-state index in [1.54, 1.807) is 18.2 Å². The van der Waals surface area contributed by atoms with E-state index >= 15 is 0 Å². The van der Waals surface area contributed by atoms with E-state index in [0.29, 0.717) is 27.8 Å². The molecule has 0 saturated carbocycles. The van der Waals surface area contributed by atoms with Gasteiger partial charge in [0.05, 0.1) is 10.0 Å². The van der Waals surface area contributed by atoms with E-state index in [4.69, 9.17) is 27.9 Å². The number of nitrogens with one attached hydrogen (secondary N) is 1. The minimum Gasteiger partial charge on any atom is -0.484 e. The maximum atomic E-state index is 13.5. The smallest absolute Gasteiger partial charge is 0.261 e. The summed E-state index contributed by atoms with van der Waals surface area (Å²) in [7, 11) is 0. The highest BCUT2D eigenvalue weighted by Gasteiger charge is 2.32. The monoisotopic (exact) mass is 530 g/mol. The van der Waals surface area contributed by atoms with Gasteiger partial charge in [-0.2, -0.15) is 0 Å². The van der Waals surface area contributed by atoms with Crippen molar-refractivity contribution in [3.05, 3.63) is 99.8 Å². The van der Waals surface area contributed by atoms with Gasteiger partial charge in [0, 0.05) is 18.5 Å². The number of hydrogen-bond donors (Lipinski definition) is 1. The summed E-state index contributed by atoms with van der Waals surface area (Å²) >= 11 is 12.3. The maximum absolute atomic E-state index is 13.5. The number of carbonyl (C=O) groups excluding carboxylic acids is 2. The Bertz CT molecular complexity index is 1180. The Hall–Kier alpha value is -3.09. The van der Waals surface area contributed by atoms with Gasteiger partial charge < -0.3 is 15.0 Å². The lowest BCUT2D eigenvalue weighted by Crippen LogP contribution is -2.55. The highest BCUT2D eigenvalue weighted by Crippen LogP contribution is 2.24. The van der Waals surface area contributed by atoms with Crippen molar-refractivity contribution in [2.75, 3.05) is 6.61 Å². The third kappa shape index (κ3) is 8.25. The molecule has 0 radical (unpaired) electrons. The molecule has 0 unspecified atom stereocenters. The number of nitrogens with zero attached hydrogens (tertiary/aromatic N) is 1. The van der Waals surface area contributed by atoms with Crippen LogP contribution in [0.2, 0.25) is 10.0 Å². The fourth-order valence-electron chi connectivity index (χ4n) is 3.60. The molecule has 3 aromatic rings. The number of carbonyl (C=O) groups is 2. The maximum Gasteiger partial charge on any atom is 0.261 e. The second-order valence-electron chi connectivity index (χ2n) is 9.46. The van der Waals surface area contributed by atoms with Crippen molar-refractivity contribution in [2.45, 2.75) is 45.3 Å². The minimum atomic E-state index is -0.828. The van der Waals surface area contributed by atoms with E-state index in [1.165, 1.54) is 29.2 Å². The summed E-state index contributed by atoms with van der Waals surface area (Å²) in [4.78, 5) is 28.5. The van der Waals surface area contributed by atoms with Crippen molar-refractivity contribution in [1.82, 2.24) is 10.2 Å². The molecule has 36 heavy (non-hydrogen) atoms. The van der Waals surface area contributed by atoms with Gasteiger partial charge in [-0.05, 0) is 68.3 Å². The first-order valence-electron chi connectivity index (χ1n) is 11.5. The molecule has 8 heteroatoms. The number of benzene rings is 3. The molecule has 1 atom stereocenters. The molecule has 3 aromatic carbocycles. The van der Waals surface area contributed by atoms with Gasteiger partial charge in [-0.25, -0.2) is 4.39 Å². The van der Waals surface area contributed by atoms with Crippen LogP contribution in [0.3, 0.4) is 0 Å². The van der Waals surface area contributed by atoms with Crippen LogP contribution in [0.4, 0.5) is 4.39 Å².